The normalized spacial score (nSPS) is 19.3. The van der Waals surface area contributed by atoms with E-state index in [1.807, 2.05) is 20.8 Å². The van der Waals surface area contributed by atoms with Crippen molar-refractivity contribution in [2.24, 2.45) is 11.7 Å². The van der Waals surface area contributed by atoms with E-state index in [-0.39, 0.29) is 36.7 Å². The summed E-state index contributed by atoms with van der Waals surface area (Å²) in [4.78, 5) is 25.9. The predicted octanol–water partition coefficient (Wildman–Crippen LogP) is 1.69. The van der Waals surface area contributed by atoms with Crippen LogP contribution in [-0.4, -0.2) is 41.9 Å². The molecule has 0 aliphatic carbocycles. The molecule has 0 spiro atoms. The van der Waals surface area contributed by atoms with Gasteiger partial charge in [-0.15, -0.1) is 12.4 Å². The van der Waals surface area contributed by atoms with Gasteiger partial charge in [-0.05, 0) is 25.7 Å². The lowest BCUT2D eigenvalue weighted by molar-refractivity contribution is -0.137. The molecule has 0 radical (unpaired) electrons. The van der Waals surface area contributed by atoms with E-state index < -0.39 is 5.54 Å². The van der Waals surface area contributed by atoms with Crippen molar-refractivity contribution in [2.45, 2.75) is 58.4 Å². The molecule has 5 nitrogen and oxygen atoms in total. The second kappa shape index (κ2) is 9.26. The number of nitrogens with zero attached hydrogens (tertiary/aromatic N) is 1. The highest BCUT2D eigenvalue weighted by atomic mass is 35.5. The van der Waals surface area contributed by atoms with Crippen molar-refractivity contribution in [3.63, 3.8) is 0 Å². The minimum Gasteiger partial charge on any atom is -0.348 e. The summed E-state index contributed by atoms with van der Waals surface area (Å²) in [7, 11) is 0. The third kappa shape index (κ3) is 6.22. The molecule has 2 amide bonds. The van der Waals surface area contributed by atoms with Gasteiger partial charge in [-0.25, -0.2) is 0 Å². The first-order chi connectivity index (χ1) is 9.39. The Balaban J connectivity index is 0.00000400. The van der Waals surface area contributed by atoms with Crippen molar-refractivity contribution in [3.8, 4) is 0 Å². The lowest BCUT2D eigenvalue weighted by Gasteiger charge is -2.34. The van der Waals surface area contributed by atoms with E-state index in [9.17, 15) is 9.59 Å². The lowest BCUT2D eigenvalue weighted by atomic mass is 9.88. The Hall–Kier alpha value is -0.810. The molecule has 6 heteroatoms. The van der Waals surface area contributed by atoms with Crippen molar-refractivity contribution in [2.75, 3.05) is 19.6 Å². The van der Waals surface area contributed by atoms with Gasteiger partial charge in [0.05, 0.1) is 12.1 Å². The molecule has 124 valence electrons. The Morgan fingerprint density at radius 3 is 2.52 bits per heavy atom. The van der Waals surface area contributed by atoms with Gasteiger partial charge in [0, 0.05) is 19.5 Å². The monoisotopic (exact) mass is 319 g/mol. The van der Waals surface area contributed by atoms with Crippen molar-refractivity contribution >= 4 is 24.2 Å². The molecular weight excluding hydrogens is 290 g/mol. The van der Waals surface area contributed by atoms with E-state index in [0.717, 1.165) is 25.7 Å². The zero-order chi connectivity index (χ0) is 15.2. The molecule has 1 aliphatic rings. The summed E-state index contributed by atoms with van der Waals surface area (Å²) in [5, 5.41) is 2.99. The van der Waals surface area contributed by atoms with Crippen LogP contribution in [0.4, 0.5) is 0 Å². The topological polar surface area (TPSA) is 75.4 Å². The van der Waals surface area contributed by atoms with Crippen molar-refractivity contribution in [1.82, 2.24) is 10.2 Å². The SMILES string of the molecule is CC(C)C(C)(CN)NC(=O)CN1CCCCCCC1=O.Cl. The van der Waals surface area contributed by atoms with Crippen LogP contribution in [0.25, 0.3) is 0 Å². The molecule has 0 bridgehead atoms. The second-order valence-corrected chi connectivity index (χ2v) is 6.30. The summed E-state index contributed by atoms with van der Waals surface area (Å²) in [6.45, 7) is 7.26. The number of hydrogen-bond acceptors (Lipinski definition) is 3. The van der Waals surface area contributed by atoms with Gasteiger partial charge in [0.2, 0.25) is 11.8 Å². The van der Waals surface area contributed by atoms with Crippen LogP contribution in [-0.2, 0) is 9.59 Å². The third-order valence-electron chi connectivity index (χ3n) is 4.38. The van der Waals surface area contributed by atoms with Gasteiger partial charge in [-0.2, -0.15) is 0 Å². The van der Waals surface area contributed by atoms with E-state index in [2.05, 4.69) is 5.32 Å². The number of carbonyl (C=O) groups excluding carboxylic acids is 2. The highest BCUT2D eigenvalue weighted by molar-refractivity contribution is 5.85. The van der Waals surface area contributed by atoms with Crippen LogP contribution < -0.4 is 11.1 Å². The molecule has 1 atom stereocenters. The summed E-state index contributed by atoms with van der Waals surface area (Å²) in [6.07, 6.45) is 4.73. The minimum atomic E-state index is -0.414. The fraction of sp³-hybridized carbons (Fsp3) is 0.867. The molecule has 1 rings (SSSR count). The third-order valence-corrected chi connectivity index (χ3v) is 4.38. The van der Waals surface area contributed by atoms with Crippen LogP contribution in [0.2, 0.25) is 0 Å². The lowest BCUT2D eigenvalue weighted by Crippen LogP contribution is -2.57. The predicted molar refractivity (Wildman–Crippen MR) is 87.4 cm³/mol. The maximum absolute atomic E-state index is 12.2. The number of rotatable bonds is 5. The van der Waals surface area contributed by atoms with E-state index in [1.54, 1.807) is 4.90 Å². The second-order valence-electron chi connectivity index (χ2n) is 6.30. The summed E-state index contributed by atoms with van der Waals surface area (Å²) in [5.41, 5.74) is 5.35. The molecule has 0 aromatic heterocycles. The Kier molecular flexibility index (Phi) is 8.90. The average molecular weight is 320 g/mol. The quantitative estimate of drug-likeness (QED) is 0.809. The van der Waals surface area contributed by atoms with Gasteiger partial charge >= 0.3 is 0 Å². The van der Waals surface area contributed by atoms with E-state index in [4.69, 9.17) is 5.73 Å². The van der Waals surface area contributed by atoms with Gasteiger partial charge < -0.3 is 16.0 Å². The van der Waals surface area contributed by atoms with Gasteiger partial charge in [0.25, 0.3) is 0 Å². The van der Waals surface area contributed by atoms with Crippen LogP contribution >= 0.6 is 12.4 Å². The first-order valence-corrected chi connectivity index (χ1v) is 7.68. The van der Waals surface area contributed by atoms with Gasteiger partial charge in [0.1, 0.15) is 0 Å². The maximum atomic E-state index is 12.2. The summed E-state index contributed by atoms with van der Waals surface area (Å²) >= 11 is 0. The Labute approximate surface area is 134 Å². The summed E-state index contributed by atoms with van der Waals surface area (Å²) in [6, 6.07) is 0. The molecule has 1 heterocycles. The average Bonchev–Trinajstić information content (AvgIpc) is 2.38. The highest BCUT2D eigenvalue weighted by Gasteiger charge is 2.29. The Morgan fingerprint density at radius 1 is 1.33 bits per heavy atom. The Morgan fingerprint density at radius 2 is 1.95 bits per heavy atom. The van der Waals surface area contributed by atoms with Crippen LogP contribution in [0.3, 0.4) is 0 Å². The van der Waals surface area contributed by atoms with Crippen LogP contribution in [0.15, 0.2) is 0 Å². The molecule has 1 saturated heterocycles. The fourth-order valence-corrected chi connectivity index (χ4v) is 2.34. The van der Waals surface area contributed by atoms with Gasteiger partial charge in [0.15, 0.2) is 0 Å². The van der Waals surface area contributed by atoms with Crippen LogP contribution in [0, 0.1) is 5.92 Å². The molecule has 1 unspecified atom stereocenters. The number of likely N-dealkylation sites (tertiary alicyclic amines) is 1. The maximum Gasteiger partial charge on any atom is 0.240 e. The molecule has 0 aromatic rings. The first-order valence-electron chi connectivity index (χ1n) is 7.68. The molecule has 0 saturated carbocycles. The number of halogens is 1. The Bertz CT molecular complexity index is 350. The van der Waals surface area contributed by atoms with E-state index >= 15 is 0 Å². The van der Waals surface area contributed by atoms with Crippen molar-refractivity contribution in [3.05, 3.63) is 0 Å². The number of carbonyl (C=O) groups is 2. The molecule has 1 fully saturated rings. The van der Waals surface area contributed by atoms with E-state index in [1.165, 1.54) is 0 Å². The number of nitrogens with one attached hydrogen (secondary N) is 1. The van der Waals surface area contributed by atoms with Crippen LogP contribution in [0.5, 0.6) is 0 Å². The zero-order valence-electron chi connectivity index (χ0n) is 13.5. The fourth-order valence-electron chi connectivity index (χ4n) is 2.34. The molecular formula is C15H30ClN3O2. The molecule has 3 N–H and O–H groups in total. The number of amides is 2. The largest absolute Gasteiger partial charge is 0.348 e. The molecule has 0 aromatic carbocycles. The van der Waals surface area contributed by atoms with Gasteiger partial charge in [-0.1, -0.05) is 26.7 Å². The molecule has 21 heavy (non-hydrogen) atoms. The first kappa shape index (κ1) is 20.2. The van der Waals surface area contributed by atoms with Crippen molar-refractivity contribution in [1.29, 1.82) is 0 Å². The summed E-state index contributed by atoms with van der Waals surface area (Å²) < 4.78 is 0. The van der Waals surface area contributed by atoms with Crippen LogP contribution in [0.1, 0.15) is 52.9 Å². The zero-order valence-corrected chi connectivity index (χ0v) is 14.3. The summed E-state index contributed by atoms with van der Waals surface area (Å²) in [5.74, 6) is 0.235. The van der Waals surface area contributed by atoms with E-state index in [0.29, 0.717) is 19.5 Å². The standard InChI is InChI=1S/C15H29N3O2.ClH/c1-12(2)15(3,11-16)17-13(19)10-18-9-7-5-4-6-8-14(18)20;/h12H,4-11,16H2,1-3H3,(H,17,19);1H. The minimum absolute atomic E-state index is 0. The molecule has 1 aliphatic heterocycles. The number of nitrogens with two attached hydrogens (primary N) is 1. The van der Waals surface area contributed by atoms with Gasteiger partial charge in [-0.3, -0.25) is 9.59 Å². The van der Waals surface area contributed by atoms with Crippen molar-refractivity contribution < 1.29 is 9.59 Å². The smallest absolute Gasteiger partial charge is 0.240 e. The highest BCUT2D eigenvalue weighted by Crippen LogP contribution is 2.15. The number of hydrogen-bond donors (Lipinski definition) is 2.